The van der Waals surface area contributed by atoms with Crippen molar-refractivity contribution in [3.8, 4) is 0 Å². The lowest BCUT2D eigenvalue weighted by molar-refractivity contribution is 0.704. The first kappa shape index (κ1) is 14.4. The molecule has 0 saturated heterocycles. The van der Waals surface area contributed by atoms with Gasteiger partial charge in [-0.05, 0) is 12.5 Å². The summed E-state index contributed by atoms with van der Waals surface area (Å²) < 4.78 is 3.69. The second-order valence-corrected chi connectivity index (χ2v) is 5.65. The van der Waals surface area contributed by atoms with Crippen LogP contribution in [0.15, 0.2) is 48.9 Å². The van der Waals surface area contributed by atoms with Crippen LogP contribution in [0.3, 0.4) is 0 Å². The number of aromatic nitrogens is 6. The Morgan fingerprint density at radius 1 is 1.04 bits per heavy atom. The molecule has 0 amide bonds. The van der Waals surface area contributed by atoms with E-state index >= 15 is 0 Å². The van der Waals surface area contributed by atoms with Gasteiger partial charge in [-0.1, -0.05) is 30.3 Å². The van der Waals surface area contributed by atoms with Crippen LogP contribution in [0.4, 0.5) is 11.6 Å². The van der Waals surface area contributed by atoms with Crippen LogP contribution in [-0.4, -0.2) is 29.5 Å². The first-order valence-electron chi connectivity index (χ1n) is 7.69. The van der Waals surface area contributed by atoms with Crippen LogP contribution < -0.4 is 5.32 Å². The highest BCUT2D eigenvalue weighted by Crippen LogP contribution is 2.19. The molecule has 4 rings (SSSR count). The molecule has 0 bridgehead atoms. The van der Waals surface area contributed by atoms with Crippen molar-refractivity contribution < 1.29 is 0 Å². The summed E-state index contributed by atoms with van der Waals surface area (Å²) in [4.78, 5) is 8.98. The molecular weight excluding hydrogens is 302 g/mol. The van der Waals surface area contributed by atoms with E-state index in [1.807, 2.05) is 36.9 Å². The van der Waals surface area contributed by atoms with Gasteiger partial charge >= 0.3 is 0 Å². The molecule has 24 heavy (non-hydrogen) atoms. The third kappa shape index (κ3) is 2.60. The van der Waals surface area contributed by atoms with Crippen molar-refractivity contribution in [1.82, 2.24) is 29.5 Å². The molecule has 0 saturated carbocycles. The Morgan fingerprint density at radius 3 is 2.62 bits per heavy atom. The first-order chi connectivity index (χ1) is 11.7. The van der Waals surface area contributed by atoms with Crippen molar-refractivity contribution in [2.24, 2.45) is 7.05 Å². The van der Waals surface area contributed by atoms with Gasteiger partial charge in [0.1, 0.15) is 0 Å². The number of benzene rings is 1. The Hall–Kier alpha value is -3.22. The summed E-state index contributed by atoms with van der Waals surface area (Å²) in [6, 6.07) is 10.2. The van der Waals surface area contributed by atoms with Crippen molar-refractivity contribution in [1.29, 1.82) is 0 Å². The molecular formula is C17H17N7. The molecule has 0 radical (unpaired) electrons. The summed E-state index contributed by atoms with van der Waals surface area (Å²) in [7, 11) is 1.90. The van der Waals surface area contributed by atoms with Gasteiger partial charge in [0, 0.05) is 13.2 Å². The molecule has 7 nitrogen and oxygen atoms in total. The fourth-order valence-electron chi connectivity index (χ4n) is 2.54. The number of anilines is 2. The van der Waals surface area contributed by atoms with Gasteiger partial charge in [0.2, 0.25) is 5.95 Å². The van der Waals surface area contributed by atoms with Crippen molar-refractivity contribution in [2.45, 2.75) is 13.5 Å². The van der Waals surface area contributed by atoms with Crippen LogP contribution in [0.25, 0.3) is 11.0 Å². The fraction of sp³-hybridized carbons (Fsp3) is 0.176. The number of hydrogen-bond donors (Lipinski definition) is 1. The molecule has 120 valence electrons. The lowest BCUT2D eigenvalue weighted by Crippen LogP contribution is -2.04. The van der Waals surface area contributed by atoms with Crippen molar-refractivity contribution in [3.05, 3.63) is 60.2 Å². The summed E-state index contributed by atoms with van der Waals surface area (Å²) >= 11 is 0. The molecule has 0 fully saturated rings. The number of rotatable bonds is 4. The van der Waals surface area contributed by atoms with Crippen LogP contribution in [0, 0.1) is 6.92 Å². The molecule has 3 heterocycles. The van der Waals surface area contributed by atoms with Crippen LogP contribution in [0.5, 0.6) is 0 Å². The summed E-state index contributed by atoms with van der Waals surface area (Å²) in [5.41, 5.74) is 3.90. The third-order valence-electron chi connectivity index (χ3n) is 4.03. The molecule has 0 spiro atoms. The van der Waals surface area contributed by atoms with Gasteiger partial charge in [0.05, 0.1) is 35.7 Å². The first-order valence-corrected chi connectivity index (χ1v) is 7.69. The average molecular weight is 319 g/mol. The Kier molecular flexibility index (Phi) is 3.45. The Bertz CT molecular complexity index is 985. The van der Waals surface area contributed by atoms with Crippen LogP contribution in [0.2, 0.25) is 0 Å². The maximum atomic E-state index is 4.62. The van der Waals surface area contributed by atoms with E-state index in [1.54, 1.807) is 23.3 Å². The zero-order valence-electron chi connectivity index (χ0n) is 13.5. The zero-order chi connectivity index (χ0) is 16.5. The summed E-state index contributed by atoms with van der Waals surface area (Å²) in [5.74, 6) is 0.536. The third-order valence-corrected chi connectivity index (χ3v) is 4.03. The highest BCUT2D eigenvalue weighted by molar-refractivity contribution is 5.75. The van der Waals surface area contributed by atoms with Crippen LogP contribution in [-0.2, 0) is 13.6 Å². The van der Waals surface area contributed by atoms with E-state index in [1.165, 1.54) is 5.56 Å². The van der Waals surface area contributed by atoms with E-state index in [0.717, 1.165) is 22.4 Å². The van der Waals surface area contributed by atoms with Gasteiger partial charge in [-0.2, -0.15) is 15.2 Å². The lowest BCUT2D eigenvalue weighted by Gasteiger charge is -2.06. The molecule has 0 aliphatic heterocycles. The number of fused-ring (bicyclic) bond motifs is 1. The average Bonchev–Trinajstić information content (AvgIpc) is 3.14. The van der Waals surface area contributed by atoms with Gasteiger partial charge in [0.25, 0.3) is 0 Å². The van der Waals surface area contributed by atoms with Gasteiger partial charge in [0.15, 0.2) is 5.65 Å². The fourth-order valence-corrected chi connectivity index (χ4v) is 2.54. The predicted molar refractivity (Wildman–Crippen MR) is 92.1 cm³/mol. The molecule has 0 aliphatic rings. The Morgan fingerprint density at radius 2 is 1.88 bits per heavy atom. The van der Waals surface area contributed by atoms with E-state index in [4.69, 9.17) is 0 Å². The maximum Gasteiger partial charge on any atom is 0.229 e. The van der Waals surface area contributed by atoms with Crippen LogP contribution in [0.1, 0.15) is 11.3 Å². The smallest absolute Gasteiger partial charge is 0.229 e. The maximum absolute atomic E-state index is 4.62. The molecule has 1 aromatic carbocycles. The Balaban J connectivity index is 1.67. The quantitative estimate of drug-likeness (QED) is 0.626. The van der Waals surface area contributed by atoms with Crippen molar-refractivity contribution in [2.75, 3.05) is 5.32 Å². The van der Waals surface area contributed by atoms with E-state index in [2.05, 4.69) is 37.6 Å². The minimum Gasteiger partial charge on any atom is -0.321 e. The second kappa shape index (κ2) is 5.77. The molecule has 7 heteroatoms. The highest BCUT2D eigenvalue weighted by Gasteiger charge is 2.09. The Labute approximate surface area is 139 Å². The van der Waals surface area contributed by atoms with Gasteiger partial charge in [-0.25, -0.2) is 9.67 Å². The topological polar surface area (TPSA) is 73.5 Å². The highest BCUT2D eigenvalue weighted by atomic mass is 15.3. The molecule has 4 aromatic rings. The van der Waals surface area contributed by atoms with Crippen molar-refractivity contribution >= 4 is 22.7 Å². The summed E-state index contributed by atoms with van der Waals surface area (Å²) in [5, 5.41) is 12.8. The molecule has 3 aromatic heterocycles. The van der Waals surface area contributed by atoms with E-state index in [0.29, 0.717) is 12.5 Å². The number of aryl methyl sites for hydroxylation is 1. The standard InChI is InChI=1S/C17H17N7/c1-12-15(10-19-23(12)2)21-17-18-8-14-9-20-24(16(14)22-17)11-13-6-4-3-5-7-13/h3-10H,11H2,1-2H3,(H,18,21,22). The molecule has 1 N–H and O–H groups in total. The second-order valence-electron chi connectivity index (χ2n) is 5.65. The monoisotopic (exact) mass is 319 g/mol. The minimum atomic E-state index is 0.536. The normalized spacial score (nSPS) is 11.1. The largest absolute Gasteiger partial charge is 0.321 e. The summed E-state index contributed by atoms with van der Waals surface area (Å²) in [6.07, 6.45) is 5.34. The van der Waals surface area contributed by atoms with Crippen LogP contribution >= 0.6 is 0 Å². The van der Waals surface area contributed by atoms with Gasteiger partial charge < -0.3 is 5.32 Å². The zero-order valence-corrected chi connectivity index (χ0v) is 13.5. The van der Waals surface area contributed by atoms with Gasteiger partial charge in [-0.3, -0.25) is 4.68 Å². The molecule has 0 atom stereocenters. The van der Waals surface area contributed by atoms with Crippen molar-refractivity contribution in [3.63, 3.8) is 0 Å². The molecule has 0 aliphatic carbocycles. The molecule has 0 unspecified atom stereocenters. The number of nitrogens with one attached hydrogen (secondary N) is 1. The lowest BCUT2D eigenvalue weighted by atomic mass is 10.2. The minimum absolute atomic E-state index is 0.536. The predicted octanol–water partition coefficient (Wildman–Crippen LogP) is 2.66. The number of hydrogen-bond acceptors (Lipinski definition) is 5. The summed E-state index contributed by atoms with van der Waals surface area (Å²) in [6.45, 7) is 2.67. The van der Waals surface area contributed by atoms with E-state index in [9.17, 15) is 0 Å². The number of nitrogens with zero attached hydrogens (tertiary/aromatic N) is 6. The van der Waals surface area contributed by atoms with E-state index in [-0.39, 0.29) is 0 Å². The SMILES string of the molecule is Cc1c(Nc2ncc3cnn(Cc4ccccc4)c3n2)cnn1C. The van der Waals surface area contributed by atoms with E-state index < -0.39 is 0 Å². The van der Waals surface area contributed by atoms with Gasteiger partial charge in [-0.15, -0.1) is 0 Å².